The molecule has 37 heavy (non-hydrogen) atoms. The Labute approximate surface area is 221 Å². The van der Waals surface area contributed by atoms with Crippen LogP contribution in [0.4, 0.5) is 0 Å². The van der Waals surface area contributed by atoms with Gasteiger partial charge in [-0.2, -0.15) is 0 Å². The molecule has 0 bridgehead atoms. The van der Waals surface area contributed by atoms with Crippen molar-refractivity contribution < 1.29 is 19.4 Å². The third kappa shape index (κ3) is 6.68. The summed E-state index contributed by atoms with van der Waals surface area (Å²) in [7, 11) is 0. The fraction of sp³-hybridized carbons (Fsp3) is 0.276. The molecule has 0 spiro atoms. The van der Waals surface area contributed by atoms with Crippen LogP contribution in [0, 0.1) is 6.92 Å². The van der Waals surface area contributed by atoms with E-state index in [9.17, 15) is 14.7 Å². The molecule has 0 aliphatic heterocycles. The van der Waals surface area contributed by atoms with Gasteiger partial charge in [0.1, 0.15) is 11.4 Å². The van der Waals surface area contributed by atoms with Crippen molar-refractivity contribution >= 4 is 29.1 Å². The number of benzene rings is 2. The second-order valence-electron chi connectivity index (χ2n) is 9.36. The lowest BCUT2D eigenvalue weighted by atomic mass is 9.99. The van der Waals surface area contributed by atoms with Crippen LogP contribution in [0.15, 0.2) is 67.0 Å². The Kier molecular flexibility index (Phi) is 8.14. The molecule has 0 fully saturated rings. The Morgan fingerprint density at radius 3 is 2.54 bits per heavy atom. The van der Waals surface area contributed by atoms with E-state index in [2.05, 4.69) is 5.32 Å². The number of carbonyl (C=O) groups is 2. The predicted octanol–water partition coefficient (Wildman–Crippen LogP) is 5.96. The fourth-order valence-electron chi connectivity index (χ4n) is 4.17. The topological polar surface area (TPSA) is 92.9 Å². The first kappa shape index (κ1) is 26.2. The molecule has 2 heterocycles. The van der Waals surface area contributed by atoms with Crippen molar-refractivity contribution in [3.63, 3.8) is 0 Å². The van der Waals surface area contributed by atoms with Gasteiger partial charge in [0.25, 0.3) is 5.91 Å². The summed E-state index contributed by atoms with van der Waals surface area (Å²) in [5.74, 6) is -0.712. The summed E-state index contributed by atoms with van der Waals surface area (Å²) in [6, 6.07) is 16.5. The summed E-state index contributed by atoms with van der Waals surface area (Å²) in [6.45, 7) is 5.83. The molecule has 0 aliphatic carbocycles. The van der Waals surface area contributed by atoms with E-state index < -0.39 is 5.97 Å². The number of ether oxygens (including phenoxy) is 1. The lowest BCUT2D eigenvalue weighted by molar-refractivity contribution is -0.137. The van der Waals surface area contributed by atoms with E-state index in [0.29, 0.717) is 29.2 Å². The van der Waals surface area contributed by atoms with Gasteiger partial charge < -0.3 is 19.6 Å². The van der Waals surface area contributed by atoms with Gasteiger partial charge in [0, 0.05) is 36.0 Å². The first-order valence-corrected chi connectivity index (χ1v) is 12.6. The van der Waals surface area contributed by atoms with Gasteiger partial charge in [-0.15, -0.1) is 0 Å². The Bertz CT molecular complexity index is 1410. The van der Waals surface area contributed by atoms with E-state index in [4.69, 9.17) is 21.3 Å². The number of aromatic nitrogens is 2. The van der Waals surface area contributed by atoms with Crippen LogP contribution in [0.25, 0.3) is 16.9 Å². The molecular formula is C29H30ClN3O4. The summed E-state index contributed by atoms with van der Waals surface area (Å²) in [6.07, 6.45) is 4.67. The van der Waals surface area contributed by atoms with E-state index in [0.717, 1.165) is 28.0 Å². The van der Waals surface area contributed by atoms with E-state index in [-0.39, 0.29) is 24.5 Å². The number of imidazole rings is 1. The van der Waals surface area contributed by atoms with Gasteiger partial charge >= 0.3 is 5.97 Å². The van der Waals surface area contributed by atoms with Gasteiger partial charge in [-0.25, -0.2) is 4.98 Å². The van der Waals surface area contributed by atoms with Gasteiger partial charge in [-0.1, -0.05) is 41.9 Å². The molecule has 192 valence electrons. The number of hydrogen-bond donors (Lipinski definition) is 2. The number of aryl methyl sites for hydroxylation is 1. The highest BCUT2D eigenvalue weighted by atomic mass is 35.5. The van der Waals surface area contributed by atoms with Gasteiger partial charge in [-0.05, 0) is 69.0 Å². The Hall–Kier alpha value is -3.84. The summed E-state index contributed by atoms with van der Waals surface area (Å²) < 4.78 is 7.64. The number of halogens is 1. The number of fused-ring (bicyclic) bond motifs is 1. The highest BCUT2D eigenvalue weighted by molar-refractivity contribution is 6.32. The number of nitrogens with one attached hydrogen (secondary N) is 1. The van der Waals surface area contributed by atoms with Crippen LogP contribution >= 0.6 is 11.6 Å². The van der Waals surface area contributed by atoms with Crippen molar-refractivity contribution in [1.29, 1.82) is 0 Å². The van der Waals surface area contributed by atoms with Gasteiger partial charge in [0.2, 0.25) is 0 Å². The molecule has 2 aromatic carbocycles. The molecule has 1 amide bonds. The zero-order valence-corrected chi connectivity index (χ0v) is 21.8. The molecule has 2 N–H and O–H groups in total. The second-order valence-corrected chi connectivity index (χ2v) is 9.77. The van der Waals surface area contributed by atoms with Crippen molar-refractivity contribution in [2.75, 3.05) is 0 Å². The molecule has 0 radical (unpaired) electrons. The van der Waals surface area contributed by atoms with Crippen molar-refractivity contribution in [2.24, 2.45) is 0 Å². The molecule has 0 aliphatic rings. The summed E-state index contributed by atoms with van der Waals surface area (Å²) in [5.41, 5.74) is 5.25. The van der Waals surface area contributed by atoms with Gasteiger partial charge in [0.15, 0.2) is 0 Å². The highest BCUT2D eigenvalue weighted by Crippen LogP contribution is 2.27. The molecule has 4 rings (SSSR count). The molecule has 0 saturated heterocycles. The second kappa shape index (κ2) is 11.5. The minimum Gasteiger partial charge on any atom is -0.489 e. The predicted molar refractivity (Wildman–Crippen MR) is 144 cm³/mol. The number of pyridine rings is 1. The molecular weight excluding hydrogens is 490 g/mol. The van der Waals surface area contributed by atoms with Crippen LogP contribution in [-0.2, 0) is 11.2 Å². The van der Waals surface area contributed by atoms with Crippen molar-refractivity contribution in [3.05, 3.63) is 88.7 Å². The first-order chi connectivity index (χ1) is 17.7. The standard InChI is InChI=1S/C29H30ClN3O4/c1-18(2)37-26-12-10-22(16-24(26)30)29(36)31-23(11-13-27(34)35)15-20-6-8-21(9-7-20)25-17-33-14-4-5-19(3)28(33)32-25/h4-10,12,14,16-18,23H,11,13,15H2,1-3H3,(H,31,36)(H,34,35)/t23-/m1/s1. The largest absolute Gasteiger partial charge is 0.489 e. The van der Waals surface area contributed by atoms with Crippen LogP contribution < -0.4 is 10.1 Å². The van der Waals surface area contributed by atoms with Gasteiger partial charge in [0.05, 0.1) is 16.8 Å². The number of carbonyl (C=O) groups excluding carboxylic acids is 1. The maximum Gasteiger partial charge on any atom is 0.303 e. The SMILES string of the molecule is Cc1cccn2cc(-c3ccc(C[C@@H](CCC(=O)O)NC(=O)c4ccc(OC(C)C)c(Cl)c4)cc3)nc12. The average molecular weight is 520 g/mol. The number of amides is 1. The Morgan fingerprint density at radius 1 is 1.14 bits per heavy atom. The smallest absolute Gasteiger partial charge is 0.303 e. The zero-order chi connectivity index (χ0) is 26.5. The molecule has 2 aromatic heterocycles. The third-order valence-corrected chi connectivity index (χ3v) is 6.30. The molecule has 4 aromatic rings. The lowest BCUT2D eigenvalue weighted by Crippen LogP contribution is -2.37. The highest BCUT2D eigenvalue weighted by Gasteiger charge is 2.18. The minimum atomic E-state index is -0.907. The maximum atomic E-state index is 13.0. The zero-order valence-electron chi connectivity index (χ0n) is 21.1. The number of carboxylic acids is 1. The summed E-state index contributed by atoms with van der Waals surface area (Å²) >= 11 is 6.30. The number of hydrogen-bond acceptors (Lipinski definition) is 4. The maximum absolute atomic E-state index is 13.0. The average Bonchev–Trinajstić information content (AvgIpc) is 3.30. The minimum absolute atomic E-state index is 0.0409. The number of aliphatic carboxylic acids is 1. The number of rotatable bonds is 10. The van der Waals surface area contributed by atoms with Crippen molar-refractivity contribution in [2.45, 2.75) is 52.2 Å². The van der Waals surface area contributed by atoms with Crippen molar-refractivity contribution in [3.8, 4) is 17.0 Å². The summed E-state index contributed by atoms with van der Waals surface area (Å²) in [5, 5.41) is 12.5. The van der Waals surface area contributed by atoms with Gasteiger partial charge in [-0.3, -0.25) is 9.59 Å². The molecule has 0 saturated carbocycles. The van der Waals surface area contributed by atoms with E-state index in [1.165, 1.54) is 0 Å². The number of nitrogens with zero attached hydrogens (tertiary/aromatic N) is 2. The first-order valence-electron chi connectivity index (χ1n) is 12.2. The monoisotopic (exact) mass is 519 g/mol. The third-order valence-electron chi connectivity index (χ3n) is 6.01. The van der Waals surface area contributed by atoms with Crippen molar-refractivity contribution in [1.82, 2.24) is 14.7 Å². The van der Waals surface area contributed by atoms with Crippen LogP contribution in [0.5, 0.6) is 5.75 Å². The van der Waals surface area contributed by atoms with E-state index in [1.54, 1.807) is 18.2 Å². The van der Waals surface area contributed by atoms with Crippen LogP contribution in [0.2, 0.25) is 5.02 Å². The fourth-order valence-corrected chi connectivity index (χ4v) is 4.40. The van der Waals surface area contributed by atoms with E-state index in [1.807, 2.05) is 74.0 Å². The Morgan fingerprint density at radius 2 is 1.89 bits per heavy atom. The lowest BCUT2D eigenvalue weighted by Gasteiger charge is -2.19. The Balaban J connectivity index is 1.48. The molecule has 7 nitrogen and oxygen atoms in total. The molecule has 0 unspecified atom stereocenters. The normalized spacial score (nSPS) is 12.0. The molecule has 8 heteroatoms. The van der Waals surface area contributed by atoms with Crippen LogP contribution in [0.1, 0.15) is 48.2 Å². The summed E-state index contributed by atoms with van der Waals surface area (Å²) in [4.78, 5) is 28.9. The quantitative estimate of drug-likeness (QED) is 0.270. The van der Waals surface area contributed by atoms with Crippen LogP contribution in [0.3, 0.4) is 0 Å². The number of carboxylic acid groups (broad SMARTS) is 1. The van der Waals surface area contributed by atoms with Crippen LogP contribution in [-0.4, -0.2) is 38.5 Å². The molecule has 1 atom stereocenters. The van der Waals surface area contributed by atoms with E-state index >= 15 is 0 Å².